The van der Waals surface area contributed by atoms with E-state index in [-0.39, 0.29) is 11.9 Å². The lowest BCUT2D eigenvalue weighted by Crippen LogP contribution is -2.40. The number of thiophene rings is 1. The largest absolute Gasteiger partial charge is 0.497 e. The molecule has 1 fully saturated rings. The number of amides is 1. The Kier molecular flexibility index (Phi) is 5.29. The Morgan fingerprint density at radius 3 is 2.87 bits per heavy atom. The van der Waals surface area contributed by atoms with E-state index in [1.165, 1.54) is 11.3 Å². The van der Waals surface area contributed by atoms with Crippen LogP contribution in [0.15, 0.2) is 42.0 Å². The number of fused-ring (bicyclic) bond motifs is 1. The number of anilines is 2. The van der Waals surface area contributed by atoms with Crippen LogP contribution in [-0.4, -0.2) is 40.6 Å². The fourth-order valence-electron chi connectivity index (χ4n) is 3.95. The number of nitrogens with one attached hydrogen (secondary N) is 1. The van der Waals surface area contributed by atoms with Gasteiger partial charge in [0.1, 0.15) is 28.8 Å². The van der Waals surface area contributed by atoms with Gasteiger partial charge in [0.2, 0.25) is 5.91 Å². The summed E-state index contributed by atoms with van der Waals surface area (Å²) >= 11 is 3.07. The van der Waals surface area contributed by atoms with Crippen LogP contribution >= 0.6 is 22.7 Å². The molecule has 9 heteroatoms. The van der Waals surface area contributed by atoms with Crippen molar-refractivity contribution < 1.29 is 9.53 Å². The second kappa shape index (κ2) is 8.24. The molecule has 1 saturated heterocycles. The lowest BCUT2D eigenvalue weighted by Gasteiger charge is -2.24. The Morgan fingerprint density at radius 2 is 2.06 bits per heavy atom. The molecule has 1 aliphatic rings. The molecule has 4 aromatic rings. The molecule has 31 heavy (non-hydrogen) atoms. The van der Waals surface area contributed by atoms with Crippen LogP contribution in [0.4, 0.5) is 10.9 Å². The van der Waals surface area contributed by atoms with Crippen molar-refractivity contribution in [1.29, 1.82) is 0 Å². The maximum atomic E-state index is 13.2. The van der Waals surface area contributed by atoms with Gasteiger partial charge in [0.15, 0.2) is 5.13 Å². The van der Waals surface area contributed by atoms with Crippen LogP contribution in [0.25, 0.3) is 21.5 Å². The molecule has 1 aliphatic heterocycles. The molecule has 7 nitrogen and oxygen atoms in total. The molecular weight excluding hydrogens is 430 g/mol. The number of carbonyl (C=O) groups is 1. The zero-order valence-electron chi connectivity index (χ0n) is 17.2. The Bertz CT molecular complexity index is 1230. The quantitative estimate of drug-likeness (QED) is 0.472. The van der Waals surface area contributed by atoms with Crippen molar-refractivity contribution in [3.63, 3.8) is 0 Å². The van der Waals surface area contributed by atoms with Crippen LogP contribution in [-0.2, 0) is 4.79 Å². The van der Waals surface area contributed by atoms with Crippen LogP contribution < -0.4 is 15.0 Å². The summed E-state index contributed by atoms with van der Waals surface area (Å²) < 4.78 is 5.23. The lowest BCUT2D eigenvalue weighted by molar-refractivity contribution is -0.117. The van der Waals surface area contributed by atoms with E-state index in [0.29, 0.717) is 5.13 Å². The monoisotopic (exact) mass is 451 g/mol. The number of thiazole rings is 1. The van der Waals surface area contributed by atoms with Crippen LogP contribution in [0.2, 0.25) is 0 Å². The first kappa shape index (κ1) is 19.9. The molecule has 1 aromatic carbocycles. The highest BCUT2D eigenvalue weighted by Crippen LogP contribution is 2.34. The Balaban J connectivity index is 1.36. The summed E-state index contributed by atoms with van der Waals surface area (Å²) in [5.74, 6) is 1.59. The van der Waals surface area contributed by atoms with Gasteiger partial charge in [-0.2, -0.15) is 0 Å². The van der Waals surface area contributed by atoms with Crippen LogP contribution in [0.1, 0.15) is 17.7 Å². The van der Waals surface area contributed by atoms with Crippen molar-refractivity contribution >= 4 is 49.7 Å². The minimum atomic E-state index is -0.272. The second-order valence-corrected chi connectivity index (χ2v) is 9.43. The van der Waals surface area contributed by atoms with Crippen molar-refractivity contribution in [2.24, 2.45) is 0 Å². The van der Waals surface area contributed by atoms with Crippen LogP contribution in [0, 0.1) is 6.92 Å². The fourth-order valence-corrected chi connectivity index (χ4v) is 5.52. The number of benzene rings is 1. The third kappa shape index (κ3) is 3.75. The predicted octanol–water partition coefficient (Wildman–Crippen LogP) is 4.74. The molecule has 5 rings (SSSR count). The number of ether oxygens (including phenoxy) is 1. The maximum Gasteiger partial charge on any atom is 0.248 e. The van der Waals surface area contributed by atoms with Crippen molar-refractivity contribution in [3.8, 4) is 17.0 Å². The van der Waals surface area contributed by atoms with Gasteiger partial charge < -0.3 is 15.0 Å². The summed E-state index contributed by atoms with van der Waals surface area (Å²) in [7, 11) is 1.65. The van der Waals surface area contributed by atoms with E-state index in [0.717, 1.165) is 57.3 Å². The van der Waals surface area contributed by atoms with Crippen molar-refractivity contribution in [3.05, 3.63) is 46.9 Å². The van der Waals surface area contributed by atoms with Gasteiger partial charge in [-0.15, -0.1) is 22.7 Å². The third-order valence-electron chi connectivity index (χ3n) is 5.46. The topological polar surface area (TPSA) is 80.2 Å². The Morgan fingerprint density at radius 1 is 1.23 bits per heavy atom. The number of hydrogen-bond donors (Lipinski definition) is 1. The molecule has 1 amide bonds. The van der Waals surface area contributed by atoms with Gasteiger partial charge in [0, 0.05) is 17.0 Å². The van der Waals surface area contributed by atoms with Crippen molar-refractivity contribution in [1.82, 2.24) is 15.0 Å². The third-order valence-corrected chi connectivity index (χ3v) is 7.17. The average Bonchev–Trinajstić information content (AvgIpc) is 3.53. The first-order valence-electron chi connectivity index (χ1n) is 10.0. The second-order valence-electron chi connectivity index (χ2n) is 7.33. The number of carbonyl (C=O) groups excluding carboxylic acids is 1. The number of aryl methyl sites for hydroxylation is 1. The number of aromatic nitrogens is 3. The number of hydrogen-bond acceptors (Lipinski definition) is 8. The SMILES string of the molecule is COc1ccc(-c2nc(NC(=O)C3CCCN3c3ncnc4sccc34)sc2C)cc1. The van der Waals surface area contributed by atoms with Gasteiger partial charge in [-0.1, -0.05) is 0 Å². The summed E-state index contributed by atoms with van der Waals surface area (Å²) in [4.78, 5) is 30.8. The molecule has 1 unspecified atom stereocenters. The fraction of sp³-hybridized carbons (Fsp3) is 0.273. The van der Waals surface area contributed by atoms with E-state index in [2.05, 4.69) is 25.2 Å². The maximum absolute atomic E-state index is 13.2. The van der Waals surface area contributed by atoms with Gasteiger partial charge in [0.05, 0.1) is 18.2 Å². The van der Waals surface area contributed by atoms with Crippen molar-refractivity contribution in [2.45, 2.75) is 25.8 Å². The molecule has 0 bridgehead atoms. The molecule has 158 valence electrons. The van der Waals surface area contributed by atoms with Crippen LogP contribution in [0.3, 0.4) is 0 Å². The highest BCUT2D eigenvalue weighted by molar-refractivity contribution is 7.16. The summed E-state index contributed by atoms with van der Waals surface area (Å²) in [5, 5.41) is 6.66. The highest BCUT2D eigenvalue weighted by atomic mass is 32.1. The van der Waals surface area contributed by atoms with E-state index in [9.17, 15) is 4.79 Å². The Labute approximate surface area is 187 Å². The minimum absolute atomic E-state index is 0.0467. The number of methoxy groups -OCH3 is 1. The standard InChI is InChI=1S/C22H21N5O2S2/c1-13-18(14-5-7-15(29-2)8-6-14)25-22(31-13)26-20(28)17-4-3-10-27(17)19-16-9-11-30-21(16)24-12-23-19/h5-9,11-12,17H,3-4,10H2,1-2H3,(H,25,26,28). The zero-order valence-corrected chi connectivity index (χ0v) is 18.8. The van der Waals surface area contributed by atoms with Gasteiger partial charge in [-0.25, -0.2) is 15.0 Å². The molecule has 0 saturated carbocycles. The number of rotatable bonds is 5. The first-order chi connectivity index (χ1) is 15.1. The summed E-state index contributed by atoms with van der Waals surface area (Å²) in [6.07, 6.45) is 3.31. The summed E-state index contributed by atoms with van der Waals surface area (Å²) in [5.41, 5.74) is 1.88. The van der Waals surface area contributed by atoms with Gasteiger partial charge in [0.25, 0.3) is 0 Å². The molecule has 0 radical (unpaired) electrons. The average molecular weight is 452 g/mol. The Hall–Kier alpha value is -3.04. The smallest absolute Gasteiger partial charge is 0.248 e. The van der Waals surface area contributed by atoms with Gasteiger partial charge in [-0.3, -0.25) is 4.79 Å². The molecule has 1 atom stereocenters. The highest BCUT2D eigenvalue weighted by Gasteiger charge is 2.33. The molecule has 4 heterocycles. The minimum Gasteiger partial charge on any atom is -0.497 e. The van der Waals surface area contributed by atoms with Gasteiger partial charge in [-0.05, 0) is 55.5 Å². The summed E-state index contributed by atoms with van der Waals surface area (Å²) in [6, 6.07) is 9.53. The molecule has 3 aromatic heterocycles. The normalized spacial score (nSPS) is 16.1. The van der Waals surface area contributed by atoms with E-state index in [1.807, 2.05) is 42.6 Å². The van der Waals surface area contributed by atoms with Crippen molar-refractivity contribution in [2.75, 3.05) is 23.9 Å². The summed E-state index contributed by atoms with van der Waals surface area (Å²) in [6.45, 7) is 2.82. The van der Waals surface area contributed by atoms with E-state index < -0.39 is 0 Å². The number of nitrogens with zero attached hydrogens (tertiary/aromatic N) is 4. The zero-order chi connectivity index (χ0) is 21.4. The van der Waals surface area contributed by atoms with Crippen LogP contribution in [0.5, 0.6) is 5.75 Å². The molecule has 0 spiro atoms. The van der Waals surface area contributed by atoms with E-state index in [4.69, 9.17) is 4.74 Å². The predicted molar refractivity (Wildman–Crippen MR) is 125 cm³/mol. The molecule has 1 N–H and O–H groups in total. The molecular formula is C22H21N5O2S2. The molecule has 0 aliphatic carbocycles. The van der Waals surface area contributed by atoms with E-state index >= 15 is 0 Å². The van der Waals surface area contributed by atoms with E-state index in [1.54, 1.807) is 24.8 Å². The lowest BCUT2D eigenvalue weighted by atomic mass is 10.1. The van der Waals surface area contributed by atoms with Gasteiger partial charge >= 0.3 is 0 Å². The first-order valence-corrected chi connectivity index (χ1v) is 11.7.